The van der Waals surface area contributed by atoms with Crippen LogP contribution >= 0.6 is 0 Å². The van der Waals surface area contributed by atoms with Gasteiger partial charge in [0.1, 0.15) is 5.75 Å². The summed E-state index contributed by atoms with van der Waals surface area (Å²) in [7, 11) is 0. The minimum absolute atomic E-state index is 0.0124. The SMILES string of the molecule is CCC(C)C(=O)NCC(=O)NCc1ccc(-c2ccc3c(c2)CCO3)cc1. The van der Waals surface area contributed by atoms with Crippen LogP contribution in [0.1, 0.15) is 31.4 Å². The molecule has 3 rings (SSSR count). The van der Waals surface area contributed by atoms with Crippen molar-refractivity contribution in [2.75, 3.05) is 13.2 Å². The third-order valence-electron chi connectivity index (χ3n) is 4.95. The van der Waals surface area contributed by atoms with Crippen molar-refractivity contribution in [3.8, 4) is 16.9 Å². The fourth-order valence-electron chi connectivity index (χ4n) is 2.97. The van der Waals surface area contributed by atoms with Crippen LogP contribution in [0.25, 0.3) is 11.1 Å². The van der Waals surface area contributed by atoms with E-state index in [4.69, 9.17) is 4.74 Å². The Morgan fingerprint density at radius 3 is 2.56 bits per heavy atom. The summed E-state index contributed by atoms with van der Waals surface area (Å²) in [6.07, 6.45) is 1.72. The molecule has 142 valence electrons. The van der Waals surface area contributed by atoms with E-state index in [0.717, 1.165) is 36.3 Å². The zero-order valence-electron chi connectivity index (χ0n) is 15.9. The normalized spacial score (nSPS) is 13.4. The van der Waals surface area contributed by atoms with Crippen molar-refractivity contribution >= 4 is 11.8 Å². The fraction of sp³-hybridized carbons (Fsp3) is 0.364. The maximum absolute atomic E-state index is 11.9. The monoisotopic (exact) mass is 366 g/mol. The summed E-state index contributed by atoms with van der Waals surface area (Å²) in [5.74, 6) is 0.640. The molecule has 5 heteroatoms. The molecule has 0 saturated carbocycles. The topological polar surface area (TPSA) is 67.4 Å². The van der Waals surface area contributed by atoms with E-state index in [1.807, 2.05) is 32.0 Å². The highest BCUT2D eigenvalue weighted by Gasteiger charge is 2.13. The van der Waals surface area contributed by atoms with Crippen LogP contribution in [0.2, 0.25) is 0 Å². The molecule has 0 saturated heterocycles. The second-order valence-electron chi connectivity index (χ2n) is 6.92. The van der Waals surface area contributed by atoms with Gasteiger partial charge in [0.15, 0.2) is 0 Å². The maximum Gasteiger partial charge on any atom is 0.239 e. The van der Waals surface area contributed by atoms with Gasteiger partial charge in [0.25, 0.3) is 0 Å². The summed E-state index contributed by atoms with van der Waals surface area (Å²) >= 11 is 0. The molecule has 0 fully saturated rings. The molecule has 1 aliphatic rings. The highest BCUT2D eigenvalue weighted by Crippen LogP contribution is 2.30. The number of nitrogens with one attached hydrogen (secondary N) is 2. The molecule has 0 aromatic heterocycles. The Hall–Kier alpha value is -2.82. The Morgan fingerprint density at radius 2 is 1.81 bits per heavy atom. The van der Waals surface area contributed by atoms with Crippen molar-refractivity contribution in [2.45, 2.75) is 33.2 Å². The Labute approximate surface area is 160 Å². The Bertz CT molecular complexity index is 815. The molecule has 1 heterocycles. The lowest BCUT2D eigenvalue weighted by Crippen LogP contribution is -2.38. The molecule has 0 spiro atoms. The van der Waals surface area contributed by atoms with Crippen molar-refractivity contribution in [3.05, 3.63) is 53.6 Å². The van der Waals surface area contributed by atoms with Gasteiger partial charge in [-0.1, -0.05) is 44.2 Å². The third-order valence-corrected chi connectivity index (χ3v) is 4.95. The van der Waals surface area contributed by atoms with Crippen molar-refractivity contribution < 1.29 is 14.3 Å². The number of carbonyl (C=O) groups excluding carboxylic acids is 2. The van der Waals surface area contributed by atoms with Crippen molar-refractivity contribution in [2.24, 2.45) is 5.92 Å². The molecule has 1 unspecified atom stereocenters. The highest BCUT2D eigenvalue weighted by molar-refractivity contribution is 5.85. The summed E-state index contributed by atoms with van der Waals surface area (Å²) in [6, 6.07) is 14.4. The molecule has 5 nitrogen and oxygen atoms in total. The van der Waals surface area contributed by atoms with Gasteiger partial charge >= 0.3 is 0 Å². The second kappa shape index (κ2) is 8.71. The van der Waals surface area contributed by atoms with E-state index in [0.29, 0.717) is 6.54 Å². The van der Waals surface area contributed by atoms with E-state index in [9.17, 15) is 9.59 Å². The van der Waals surface area contributed by atoms with E-state index in [2.05, 4.69) is 34.9 Å². The van der Waals surface area contributed by atoms with Crippen LogP contribution in [0, 0.1) is 5.92 Å². The summed E-state index contributed by atoms with van der Waals surface area (Å²) in [6.45, 7) is 5.01. The van der Waals surface area contributed by atoms with Crippen molar-refractivity contribution in [1.82, 2.24) is 10.6 Å². The number of fused-ring (bicyclic) bond motifs is 1. The van der Waals surface area contributed by atoms with E-state index in [1.165, 1.54) is 11.1 Å². The standard InChI is InChI=1S/C22H26N2O3/c1-3-15(2)22(26)24-14-21(25)23-13-16-4-6-17(7-5-16)18-8-9-20-19(12-18)10-11-27-20/h4-9,12,15H,3,10-11,13-14H2,1-2H3,(H,23,25)(H,24,26). The number of hydrogen-bond acceptors (Lipinski definition) is 3. The molecule has 1 atom stereocenters. The first kappa shape index (κ1) is 19.0. The van der Waals surface area contributed by atoms with Crippen LogP contribution in [0.15, 0.2) is 42.5 Å². The second-order valence-corrected chi connectivity index (χ2v) is 6.92. The van der Waals surface area contributed by atoms with E-state index < -0.39 is 0 Å². The zero-order valence-corrected chi connectivity index (χ0v) is 15.9. The largest absolute Gasteiger partial charge is 0.493 e. The first-order valence-electron chi connectivity index (χ1n) is 9.46. The van der Waals surface area contributed by atoms with E-state index in [1.54, 1.807) is 0 Å². The van der Waals surface area contributed by atoms with Crippen LogP contribution < -0.4 is 15.4 Å². The Morgan fingerprint density at radius 1 is 1.07 bits per heavy atom. The number of benzene rings is 2. The molecule has 2 aromatic rings. The predicted molar refractivity (Wildman–Crippen MR) is 105 cm³/mol. The molecule has 0 aliphatic carbocycles. The Balaban J connectivity index is 1.51. The fourth-order valence-corrected chi connectivity index (χ4v) is 2.97. The molecule has 2 N–H and O–H groups in total. The smallest absolute Gasteiger partial charge is 0.239 e. The number of hydrogen-bond donors (Lipinski definition) is 2. The van der Waals surface area contributed by atoms with Crippen LogP contribution in [-0.2, 0) is 22.6 Å². The summed E-state index contributed by atoms with van der Waals surface area (Å²) in [5.41, 5.74) is 4.58. The number of amides is 2. The number of carbonyl (C=O) groups is 2. The lowest BCUT2D eigenvalue weighted by molar-refractivity contribution is -0.128. The van der Waals surface area contributed by atoms with E-state index in [-0.39, 0.29) is 24.3 Å². The lowest BCUT2D eigenvalue weighted by atomic mass is 10.0. The van der Waals surface area contributed by atoms with Gasteiger partial charge in [-0.3, -0.25) is 9.59 Å². The first-order valence-corrected chi connectivity index (χ1v) is 9.46. The molecule has 1 aliphatic heterocycles. The maximum atomic E-state index is 11.9. The zero-order chi connectivity index (χ0) is 19.2. The average molecular weight is 366 g/mol. The molecule has 0 radical (unpaired) electrons. The summed E-state index contributed by atoms with van der Waals surface area (Å²) in [4.78, 5) is 23.6. The van der Waals surface area contributed by atoms with Crippen molar-refractivity contribution in [1.29, 1.82) is 0 Å². The van der Waals surface area contributed by atoms with Crippen LogP contribution in [0.3, 0.4) is 0 Å². The summed E-state index contributed by atoms with van der Waals surface area (Å²) < 4.78 is 5.55. The third kappa shape index (κ3) is 4.88. The van der Waals surface area contributed by atoms with Gasteiger partial charge in [0.05, 0.1) is 13.2 Å². The van der Waals surface area contributed by atoms with Crippen LogP contribution in [0.5, 0.6) is 5.75 Å². The quantitative estimate of drug-likeness (QED) is 0.791. The van der Waals surface area contributed by atoms with Gasteiger partial charge in [0, 0.05) is 18.9 Å². The number of ether oxygens (including phenoxy) is 1. The average Bonchev–Trinajstić information content (AvgIpc) is 3.18. The molecule has 2 amide bonds. The van der Waals surface area contributed by atoms with Gasteiger partial charge in [-0.25, -0.2) is 0 Å². The van der Waals surface area contributed by atoms with Gasteiger partial charge < -0.3 is 15.4 Å². The first-order chi connectivity index (χ1) is 13.1. The van der Waals surface area contributed by atoms with Gasteiger partial charge in [0.2, 0.25) is 11.8 Å². The Kier molecular flexibility index (Phi) is 6.12. The number of rotatable bonds is 7. The summed E-state index contributed by atoms with van der Waals surface area (Å²) in [5, 5.41) is 5.49. The van der Waals surface area contributed by atoms with Gasteiger partial charge in [-0.15, -0.1) is 0 Å². The molecule has 2 aromatic carbocycles. The molecular weight excluding hydrogens is 340 g/mol. The van der Waals surface area contributed by atoms with E-state index >= 15 is 0 Å². The molecule has 27 heavy (non-hydrogen) atoms. The van der Waals surface area contributed by atoms with Crippen LogP contribution in [-0.4, -0.2) is 25.0 Å². The van der Waals surface area contributed by atoms with Crippen LogP contribution in [0.4, 0.5) is 0 Å². The molecule has 0 bridgehead atoms. The minimum Gasteiger partial charge on any atom is -0.493 e. The lowest BCUT2D eigenvalue weighted by Gasteiger charge is -2.10. The predicted octanol–water partition coefficient (Wildman–Crippen LogP) is 3.07. The molecular formula is C22H26N2O3. The van der Waals surface area contributed by atoms with Gasteiger partial charge in [-0.05, 0) is 40.8 Å². The van der Waals surface area contributed by atoms with Crippen molar-refractivity contribution in [3.63, 3.8) is 0 Å². The van der Waals surface area contributed by atoms with Gasteiger partial charge in [-0.2, -0.15) is 0 Å². The highest BCUT2D eigenvalue weighted by atomic mass is 16.5. The minimum atomic E-state index is -0.186.